The van der Waals surface area contributed by atoms with Crippen molar-refractivity contribution in [2.45, 2.75) is 13.3 Å². The van der Waals surface area contributed by atoms with Crippen LogP contribution in [0.5, 0.6) is 0 Å². The molecule has 1 aromatic carbocycles. The number of ether oxygens (including phenoxy) is 2. The van der Waals surface area contributed by atoms with E-state index in [-0.39, 0.29) is 12.1 Å². The average molecular weight is 249 g/mol. The molecule has 0 radical (unpaired) electrons. The minimum Gasteiger partial charge on any atom is -0.462 e. The predicted molar refractivity (Wildman–Crippen MR) is 65.7 cm³/mol. The average Bonchev–Trinajstić information content (AvgIpc) is 2.40. The zero-order chi connectivity index (χ0) is 13.0. The summed E-state index contributed by atoms with van der Waals surface area (Å²) in [4.78, 5) is 24.6. The molecule has 5 nitrogen and oxygen atoms in total. The lowest BCUT2D eigenvalue weighted by Crippen LogP contribution is -2.37. The van der Waals surface area contributed by atoms with Crippen molar-refractivity contribution < 1.29 is 19.1 Å². The maximum atomic E-state index is 11.5. The Kier molecular flexibility index (Phi) is 3.82. The molecule has 2 rings (SSSR count). The third-order valence-corrected chi connectivity index (χ3v) is 2.66. The number of benzene rings is 1. The van der Waals surface area contributed by atoms with Crippen LogP contribution in [0.15, 0.2) is 24.3 Å². The molecule has 0 N–H and O–H groups in total. The number of hydrogen-bond acceptors (Lipinski definition) is 4. The van der Waals surface area contributed by atoms with E-state index in [1.165, 1.54) is 0 Å². The number of esters is 1. The van der Waals surface area contributed by atoms with Crippen LogP contribution in [0.1, 0.15) is 23.7 Å². The Morgan fingerprint density at radius 1 is 1.39 bits per heavy atom. The van der Waals surface area contributed by atoms with Crippen molar-refractivity contribution in [2.75, 3.05) is 24.7 Å². The Balaban J connectivity index is 2.11. The number of rotatable bonds is 3. The summed E-state index contributed by atoms with van der Waals surface area (Å²) in [6, 6.07) is 6.74. The van der Waals surface area contributed by atoms with Crippen molar-refractivity contribution >= 4 is 17.7 Å². The molecule has 96 valence electrons. The molecule has 1 amide bonds. The first-order valence-corrected chi connectivity index (χ1v) is 5.94. The molecule has 1 aliphatic rings. The van der Waals surface area contributed by atoms with Crippen molar-refractivity contribution in [1.82, 2.24) is 0 Å². The van der Waals surface area contributed by atoms with Gasteiger partial charge in [-0.15, -0.1) is 0 Å². The third kappa shape index (κ3) is 2.61. The first-order valence-electron chi connectivity index (χ1n) is 5.94. The number of cyclic esters (lactones) is 1. The molecule has 0 atom stereocenters. The Labute approximate surface area is 105 Å². The summed E-state index contributed by atoms with van der Waals surface area (Å²) in [6.07, 6.45) is 0.468. The van der Waals surface area contributed by atoms with Gasteiger partial charge in [-0.1, -0.05) is 0 Å². The standard InChI is InChI=1S/C13H15NO4/c1-2-17-12(15)10-4-6-11(7-5-10)14-8-3-9-18-13(14)16/h4-7H,2-3,8-9H2,1H3. The first kappa shape index (κ1) is 12.4. The highest BCUT2D eigenvalue weighted by molar-refractivity contribution is 5.92. The van der Waals surface area contributed by atoms with Gasteiger partial charge in [0, 0.05) is 12.2 Å². The minimum absolute atomic E-state index is 0.342. The van der Waals surface area contributed by atoms with Crippen LogP contribution in [-0.4, -0.2) is 31.8 Å². The number of hydrogen-bond donors (Lipinski definition) is 0. The van der Waals surface area contributed by atoms with Crippen LogP contribution < -0.4 is 4.90 Å². The summed E-state index contributed by atoms with van der Waals surface area (Å²) in [6.45, 7) is 3.21. The van der Waals surface area contributed by atoms with Crippen LogP contribution in [0.4, 0.5) is 10.5 Å². The van der Waals surface area contributed by atoms with Gasteiger partial charge in [-0.3, -0.25) is 4.90 Å². The zero-order valence-corrected chi connectivity index (χ0v) is 10.2. The molecule has 1 fully saturated rings. The highest BCUT2D eigenvalue weighted by Crippen LogP contribution is 2.19. The van der Waals surface area contributed by atoms with Gasteiger partial charge in [-0.05, 0) is 37.6 Å². The maximum absolute atomic E-state index is 11.5. The number of nitrogens with zero attached hydrogens (tertiary/aromatic N) is 1. The van der Waals surface area contributed by atoms with Gasteiger partial charge in [0.25, 0.3) is 0 Å². The molecule has 0 bridgehead atoms. The molecule has 0 aliphatic carbocycles. The Morgan fingerprint density at radius 2 is 2.11 bits per heavy atom. The van der Waals surface area contributed by atoms with E-state index in [1.54, 1.807) is 36.1 Å². The summed E-state index contributed by atoms with van der Waals surface area (Å²) < 4.78 is 9.85. The van der Waals surface area contributed by atoms with Crippen molar-refractivity contribution in [3.05, 3.63) is 29.8 Å². The van der Waals surface area contributed by atoms with Gasteiger partial charge in [-0.25, -0.2) is 9.59 Å². The Morgan fingerprint density at radius 3 is 2.72 bits per heavy atom. The van der Waals surface area contributed by atoms with Crippen LogP contribution >= 0.6 is 0 Å². The summed E-state index contributed by atoms with van der Waals surface area (Å²) in [5, 5.41) is 0. The van der Waals surface area contributed by atoms with Gasteiger partial charge < -0.3 is 9.47 Å². The molecule has 5 heteroatoms. The smallest absolute Gasteiger partial charge is 0.414 e. The van der Waals surface area contributed by atoms with E-state index in [2.05, 4.69) is 0 Å². The van der Waals surface area contributed by atoms with Gasteiger partial charge in [0.05, 0.1) is 18.8 Å². The second-order valence-corrected chi connectivity index (χ2v) is 3.89. The van der Waals surface area contributed by atoms with E-state index < -0.39 is 0 Å². The van der Waals surface area contributed by atoms with Gasteiger partial charge in [0.15, 0.2) is 0 Å². The fourth-order valence-corrected chi connectivity index (χ4v) is 1.78. The van der Waals surface area contributed by atoms with Gasteiger partial charge in [-0.2, -0.15) is 0 Å². The predicted octanol–water partition coefficient (Wildman–Crippen LogP) is 2.21. The Hall–Kier alpha value is -2.04. The number of anilines is 1. The fourth-order valence-electron chi connectivity index (χ4n) is 1.78. The van der Waals surface area contributed by atoms with Gasteiger partial charge in [0.2, 0.25) is 0 Å². The van der Waals surface area contributed by atoms with Crippen LogP contribution in [0.25, 0.3) is 0 Å². The molecule has 1 aliphatic heterocycles. The molecule has 1 saturated heterocycles. The van der Waals surface area contributed by atoms with Crippen LogP contribution in [-0.2, 0) is 9.47 Å². The van der Waals surface area contributed by atoms with E-state index in [4.69, 9.17) is 9.47 Å². The summed E-state index contributed by atoms with van der Waals surface area (Å²) >= 11 is 0. The van der Waals surface area contributed by atoms with Gasteiger partial charge in [0.1, 0.15) is 0 Å². The summed E-state index contributed by atoms with van der Waals surface area (Å²) in [7, 11) is 0. The number of amides is 1. The van der Waals surface area contributed by atoms with Crippen LogP contribution in [0.2, 0.25) is 0 Å². The lowest BCUT2D eigenvalue weighted by Gasteiger charge is -2.26. The molecule has 18 heavy (non-hydrogen) atoms. The van der Waals surface area contributed by atoms with E-state index >= 15 is 0 Å². The lowest BCUT2D eigenvalue weighted by atomic mass is 10.2. The Bertz CT molecular complexity index is 441. The number of carbonyl (C=O) groups is 2. The molecule has 0 spiro atoms. The van der Waals surface area contributed by atoms with Crippen molar-refractivity contribution in [1.29, 1.82) is 0 Å². The van der Waals surface area contributed by atoms with Crippen LogP contribution in [0.3, 0.4) is 0 Å². The second-order valence-electron chi connectivity index (χ2n) is 3.89. The highest BCUT2D eigenvalue weighted by Gasteiger charge is 2.21. The molecule has 0 unspecified atom stereocenters. The topological polar surface area (TPSA) is 55.8 Å². The third-order valence-electron chi connectivity index (χ3n) is 2.66. The van der Waals surface area contributed by atoms with Crippen molar-refractivity contribution in [2.24, 2.45) is 0 Å². The second kappa shape index (κ2) is 5.53. The van der Waals surface area contributed by atoms with E-state index in [9.17, 15) is 9.59 Å². The first-order chi connectivity index (χ1) is 8.72. The minimum atomic E-state index is -0.356. The molecule has 1 aromatic rings. The van der Waals surface area contributed by atoms with Gasteiger partial charge >= 0.3 is 12.1 Å². The highest BCUT2D eigenvalue weighted by atomic mass is 16.6. The zero-order valence-electron chi connectivity index (χ0n) is 10.2. The van der Waals surface area contributed by atoms with Crippen molar-refractivity contribution in [3.63, 3.8) is 0 Å². The van der Waals surface area contributed by atoms with E-state index in [1.807, 2.05) is 0 Å². The van der Waals surface area contributed by atoms with Crippen molar-refractivity contribution in [3.8, 4) is 0 Å². The van der Waals surface area contributed by atoms with Crippen LogP contribution in [0, 0.1) is 0 Å². The monoisotopic (exact) mass is 249 g/mol. The fraction of sp³-hybridized carbons (Fsp3) is 0.385. The summed E-state index contributed by atoms with van der Waals surface area (Å²) in [5.41, 5.74) is 1.21. The van der Waals surface area contributed by atoms with E-state index in [0.717, 1.165) is 12.1 Å². The molecule has 0 aromatic heterocycles. The summed E-state index contributed by atoms with van der Waals surface area (Å²) in [5.74, 6) is -0.356. The molecular formula is C13H15NO4. The maximum Gasteiger partial charge on any atom is 0.414 e. The molecule has 1 heterocycles. The van der Waals surface area contributed by atoms with E-state index in [0.29, 0.717) is 25.3 Å². The molecule has 0 saturated carbocycles. The normalized spacial score (nSPS) is 15.2. The quantitative estimate of drug-likeness (QED) is 0.771. The lowest BCUT2D eigenvalue weighted by molar-refractivity contribution is 0.0526. The SMILES string of the molecule is CCOC(=O)c1ccc(N2CCCOC2=O)cc1. The number of carbonyl (C=O) groups excluding carboxylic acids is 2. The largest absolute Gasteiger partial charge is 0.462 e. The molecular weight excluding hydrogens is 234 g/mol.